The van der Waals surface area contributed by atoms with Gasteiger partial charge in [-0.05, 0) is 62.5 Å². The Labute approximate surface area is 99.4 Å². The molecule has 0 fully saturated rings. The Kier molecular flexibility index (Phi) is 4.67. The van der Waals surface area contributed by atoms with Gasteiger partial charge in [-0.2, -0.15) is 0 Å². The van der Waals surface area contributed by atoms with Crippen molar-refractivity contribution >= 4 is 0 Å². The number of aryl methyl sites for hydroxylation is 2. The molecule has 16 heavy (non-hydrogen) atoms. The van der Waals surface area contributed by atoms with Crippen LogP contribution < -0.4 is 0 Å². The molecule has 2 rings (SSSR count). The zero-order chi connectivity index (χ0) is 11.1. The minimum Gasteiger partial charge on any atom is -0.0885 e. The molecule has 0 heteroatoms. The van der Waals surface area contributed by atoms with Gasteiger partial charge in [-0.1, -0.05) is 36.4 Å². The maximum absolute atomic E-state index is 2.37. The standard InChI is InChI=1S/C16H22/c1-2-4-6-8-12-16-14-10-9-13-15(16)11-7-5-3-1/h1-2,9-10,13-14H,3-8,11-12H2. The molecule has 0 saturated carbocycles. The summed E-state index contributed by atoms with van der Waals surface area (Å²) >= 11 is 0. The summed E-state index contributed by atoms with van der Waals surface area (Å²) in [5.41, 5.74) is 3.18. The number of benzene rings is 1. The quantitative estimate of drug-likeness (QED) is 0.550. The lowest BCUT2D eigenvalue weighted by Crippen LogP contribution is -1.95. The minimum atomic E-state index is 1.27. The summed E-state index contributed by atoms with van der Waals surface area (Å²) in [5, 5.41) is 0. The average Bonchev–Trinajstić information content (AvgIpc) is 2.30. The van der Waals surface area contributed by atoms with Crippen LogP contribution in [0.25, 0.3) is 0 Å². The molecule has 0 aliphatic heterocycles. The Morgan fingerprint density at radius 1 is 0.625 bits per heavy atom. The van der Waals surface area contributed by atoms with Gasteiger partial charge in [-0.15, -0.1) is 0 Å². The third-order valence-corrected chi connectivity index (χ3v) is 3.42. The van der Waals surface area contributed by atoms with Crippen molar-refractivity contribution < 1.29 is 0 Å². The van der Waals surface area contributed by atoms with Gasteiger partial charge >= 0.3 is 0 Å². The monoisotopic (exact) mass is 214 g/mol. The first-order chi connectivity index (χ1) is 7.97. The maximum atomic E-state index is 2.37. The molecule has 0 atom stereocenters. The van der Waals surface area contributed by atoms with E-state index in [2.05, 4.69) is 36.4 Å². The highest BCUT2D eigenvalue weighted by Crippen LogP contribution is 2.17. The van der Waals surface area contributed by atoms with Crippen LogP contribution in [0.3, 0.4) is 0 Å². The summed E-state index contributed by atoms with van der Waals surface area (Å²) < 4.78 is 0. The van der Waals surface area contributed by atoms with E-state index in [4.69, 9.17) is 0 Å². The van der Waals surface area contributed by atoms with E-state index >= 15 is 0 Å². The van der Waals surface area contributed by atoms with E-state index in [9.17, 15) is 0 Å². The molecule has 0 radical (unpaired) electrons. The molecule has 1 aliphatic carbocycles. The van der Waals surface area contributed by atoms with Crippen LogP contribution in [0.15, 0.2) is 36.4 Å². The van der Waals surface area contributed by atoms with Crippen molar-refractivity contribution in [1.29, 1.82) is 0 Å². The van der Waals surface area contributed by atoms with E-state index in [0.29, 0.717) is 0 Å². The van der Waals surface area contributed by atoms with Gasteiger partial charge in [-0.3, -0.25) is 0 Å². The number of rotatable bonds is 0. The average molecular weight is 214 g/mol. The second-order valence-corrected chi connectivity index (χ2v) is 4.73. The van der Waals surface area contributed by atoms with Crippen LogP contribution in [0.5, 0.6) is 0 Å². The molecule has 1 aromatic rings. The van der Waals surface area contributed by atoms with Crippen molar-refractivity contribution in [2.75, 3.05) is 0 Å². The van der Waals surface area contributed by atoms with Gasteiger partial charge in [0.15, 0.2) is 0 Å². The van der Waals surface area contributed by atoms with Crippen LogP contribution in [0.1, 0.15) is 49.7 Å². The van der Waals surface area contributed by atoms with E-state index in [1.54, 1.807) is 11.1 Å². The summed E-state index contributed by atoms with van der Waals surface area (Å²) in [6.07, 6.45) is 15.2. The molecule has 1 aliphatic rings. The van der Waals surface area contributed by atoms with Crippen LogP contribution in [0, 0.1) is 0 Å². The Balaban J connectivity index is 2.03. The van der Waals surface area contributed by atoms with Gasteiger partial charge in [0.25, 0.3) is 0 Å². The molecule has 0 amide bonds. The smallest absolute Gasteiger partial charge is 0.0276 e. The lowest BCUT2D eigenvalue weighted by atomic mass is 9.96. The molecular weight excluding hydrogens is 192 g/mol. The largest absolute Gasteiger partial charge is 0.0885 e. The summed E-state index contributed by atoms with van der Waals surface area (Å²) in [6.45, 7) is 0. The van der Waals surface area contributed by atoms with Crippen LogP contribution >= 0.6 is 0 Å². The Hall–Kier alpha value is -1.04. The summed E-state index contributed by atoms with van der Waals surface area (Å²) in [7, 11) is 0. The van der Waals surface area contributed by atoms with Crippen molar-refractivity contribution in [2.45, 2.75) is 51.4 Å². The maximum Gasteiger partial charge on any atom is -0.0276 e. The third-order valence-electron chi connectivity index (χ3n) is 3.42. The zero-order valence-electron chi connectivity index (χ0n) is 10.1. The van der Waals surface area contributed by atoms with Crippen molar-refractivity contribution in [3.63, 3.8) is 0 Å². The SMILES string of the molecule is C1=CCCCCc2ccccc2CCCC1. The van der Waals surface area contributed by atoms with E-state index < -0.39 is 0 Å². The highest BCUT2D eigenvalue weighted by Gasteiger charge is 2.02. The van der Waals surface area contributed by atoms with E-state index in [1.165, 1.54) is 51.4 Å². The molecule has 0 unspecified atom stereocenters. The fraction of sp³-hybridized carbons (Fsp3) is 0.500. The number of fused-ring (bicyclic) bond motifs is 1. The summed E-state index contributed by atoms with van der Waals surface area (Å²) in [6, 6.07) is 9.00. The van der Waals surface area contributed by atoms with Crippen LogP contribution in [0.2, 0.25) is 0 Å². The second-order valence-electron chi connectivity index (χ2n) is 4.73. The molecule has 0 N–H and O–H groups in total. The summed E-state index contributed by atoms with van der Waals surface area (Å²) in [5.74, 6) is 0. The summed E-state index contributed by atoms with van der Waals surface area (Å²) in [4.78, 5) is 0. The van der Waals surface area contributed by atoms with Gasteiger partial charge in [-0.25, -0.2) is 0 Å². The van der Waals surface area contributed by atoms with Gasteiger partial charge in [0.1, 0.15) is 0 Å². The number of hydrogen-bond acceptors (Lipinski definition) is 0. The van der Waals surface area contributed by atoms with E-state index in [-0.39, 0.29) is 0 Å². The molecule has 86 valence electrons. The van der Waals surface area contributed by atoms with Gasteiger partial charge in [0.2, 0.25) is 0 Å². The molecule has 0 spiro atoms. The Morgan fingerprint density at radius 2 is 1.12 bits per heavy atom. The second kappa shape index (κ2) is 6.52. The third kappa shape index (κ3) is 3.52. The topological polar surface area (TPSA) is 0 Å². The first kappa shape index (κ1) is 11.4. The zero-order valence-corrected chi connectivity index (χ0v) is 10.1. The van der Waals surface area contributed by atoms with Gasteiger partial charge in [0.05, 0.1) is 0 Å². The van der Waals surface area contributed by atoms with E-state index in [1.807, 2.05) is 0 Å². The van der Waals surface area contributed by atoms with Crippen molar-refractivity contribution in [3.8, 4) is 0 Å². The van der Waals surface area contributed by atoms with Crippen LogP contribution in [0.4, 0.5) is 0 Å². The van der Waals surface area contributed by atoms with Crippen molar-refractivity contribution in [2.24, 2.45) is 0 Å². The van der Waals surface area contributed by atoms with Crippen molar-refractivity contribution in [1.82, 2.24) is 0 Å². The normalized spacial score (nSPS) is 18.2. The molecule has 0 aromatic heterocycles. The molecular formula is C16H22. The van der Waals surface area contributed by atoms with Gasteiger partial charge in [0, 0.05) is 0 Å². The number of allylic oxidation sites excluding steroid dienone is 2. The Morgan fingerprint density at radius 3 is 1.62 bits per heavy atom. The molecule has 0 nitrogen and oxygen atoms in total. The molecule has 1 aromatic carbocycles. The Bertz CT molecular complexity index is 303. The molecule has 0 bridgehead atoms. The van der Waals surface area contributed by atoms with Crippen LogP contribution in [-0.4, -0.2) is 0 Å². The van der Waals surface area contributed by atoms with Crippen LogP contribution in [-0.2, 0) is 12.8 Å². The lowest BCUT2D eigenvalue weighted by Gasteiger charge is -2.09. The predicted octanol–water partition coefficient (Wildman–Crippen LogP) is 4.68. The van der Waals surface area contributed by atoms with Crippen molar-refractivity contribution in [3.05, 3.63) is 47.5 Å². The molecule has 0 saturated heterocycles. The fourth-order valence-corrected chi connectivity index (χ4v) is 2.44. The fourth-order valence-electron chi connectivity index (χ4n) is 2.44. The lowest BCUT2D eigenvalue weighted by molar-refractivity contribution is 0.706. The minimum absolute atomic E-state index is 1.27. The number of hydrogen-bond donors (Lipinski definition) is 0. The highest BCUT2D eigenvalue weighted by atomic mass is 14.1. The predicted molar refractivity (Wildman–Crippen MR) is 70.7 cm³/mol. The van der Waals surface area contributed by atoms with E-state index in [0.717, 1.165) is 0 Å². The molecule has 0 heterocycles. The van der Waals surface area contributed by atoms with Gasteiger partial charge < -0.3 is 0 Å². The highest BCUT2D eigenvalue weighted by molar-refractivity contribution is 5.27. The first-order valence-electron chi connectivity index (χ1n) is 6.68. The first-order valence-corrected chi connectivity index (χ1v) is 6.68.